The molecule has 1 N–H and O–H groups in total. The molecule has 0 unspecified atom stereocenters. The van der Waals surface area contributed by atoms with Crippen molar-refractivity contribution in [1.82, 2.24) is 4.57 Å². The molecule has 3 heterocycles. The molecule has 0 radical (unpaired) electrons. The molecule has 3 aromatic carbocycles. The van der Waals surface area contributed by atoms with E-state index in [1.165, 1.54) is 15.5 Å². The Kier molecular flexibility index (Phi) is 7.41. The highest BCUT2D eigenvalue weighted by molar-refractivity contribution is 8.00. The second kappa shape index (κ2) is 11.0. The molecule has 6 rings (SSSR count). The number of hydrogen-bond donors (Lipinski definition) is 1. The van der Waals surface area contributed by atoms with Gasteiger partial charge in [0.15, 0.2) is 0 Å². The standard InChI is InChI=1S/C29H21Cl2N3O5S2/c1-39-18-10-7-15(8-11-18)22-23-24(27(37)34(26(23)36)17-5-3-2-4-6-17)40-28-25(22)41-29(38)33(28)14-21(35)32-16-9-12-19(30)20(31)13-16/h2-13,22-24H,14H2,1H3,(H,32,35)/t22-,23-,24+/m0/s1. The number of thiazole rings is 1. The van der Waals surface area contributed by atoms with Gasteiger partial charge < -0.3 is 10.1 Å². The average molecular weight is 627 g/mol. The first-order valence-electron chi connectivity index (χ1n) is 12.5. The second-order valence-electron chi connectivity index (χ2n) is 9.46. The zero-order chi connectivity index (χ0) is 28.8. The molecule has 0 bridgehead atoms. The number of halogens is 2. The molecule has 0 saturated carbocycles. The summed E-state index contributed by atoms with van der Waals surface area (Å²) in [6.45, 7) is -0.283. The molecular formula is C29H21Cl2N3O5S2. The molecule has 0 aliphatic carbocycles. The highest BCUT2D eigenvalue weighted by atomic mass is 35.5. The van der Waals surface area contributed by atoms with Crippen LogP contribution in [0.3, 0.4) is 0 Å². The molecule has 0 spiro atoms. The zero-order valence-electron chi connectivity index (χ0n) is 21.4. The van der Waals surface area contributed by atoms with Crippen LogP contribution < -0.4 is 19.8 Å². The smallest absolute Gasteiger partial charge is 0.308 e. The van der Waals surface area contributed by atoms with Gasteiger partial charge in [-0.05, 0) is 48.0 Å². The van der Waals surface area contributed by atoms with Crippen molar-refractivity contribution in [2.24, 2.45) is 5.92 Å². The first-order valence-corrected chi connectivity index (χ1v) is 14.9. The van der Waals surface area contributed by atoms with Gasteiger partial charge in [-0.3, -0.25) is 23.7 Å². The molecule has 1 aromatic heterocycles. The Balaban J connectivity index is 1.40. The number of para-hydroxylation sites is 1. The number of nitrogens with zero attached hydrogens (tertiary/aromatic N) is 2. The van der Waals surface area contributed by atoms with Crippen molar-refractivity contribution < 1.29 is 19.1 Å². The van der Waals surface area contributed by atoms with E-state index in [1.807, 2.05) is 18.2 Å². The Morgan fingerprint density at radius 3 is 2.37 bits per heavy atom. The fourth-order valence-electron chi connectivity index (χ4n) is 5.18. The van der Waals surface area contributed by atoms with Gasteiger partial charge in [0.1, 0.15) is 17.5 Å². The van der Waals surface area contributed by atoms with Crippen LogP contribution in [0.25, 0.3) is 0 Å². The largest absolute Gasteiger partial charge is 0.497 e. The number of carbonyl (C=O) groups excluding carboxylic acids is 3. The van der Waals surface area contributed by atoms with Gasteiger partial charge >= 0.3 is 4.87 Å². The van der Waals surface area contributed by atoms with E-state index in [1.54, 1.807) is 55.6 Å². The van der Waals surface area contributed by atoms with Gasteiger partial charge in [-0.25, -0.2) is 4.90 Å². The van der Waals surface area contributed by atoms with E-state index >= 15 is 0 Å². The summed E-state index contributed by atoms with van der Waals surface area (Å²) in [4.78, 5) is 55.5. The topological polar surface area (TPSA) is 97.7 Å². The molecule has 2 aliphatic rings. The third-order valence-corrected chi connectivity index (χ3v) is 10.4. The summed E-state index contributed by atoms with van der Waals surface area (Å²) >= 11 is 14.2. The van der Waals surface area contributed by atoms with Crippen LogP contribution in [0.4, 0.5) is 11.4 Å². The van der Waals surface area contributed by atoms with E-state index in [0.29, 0.717) is 32.1 Å². The van der Waals surface area contributed by atoms with Crippen molar-refractivity contribution in [3.63, 3.8) is 0 Å². The van der Waals surface area contributed by atoms with E-state index in [4.69, 9.17) is 27.9 Å². The number of hydrogen-bond acceptors (Lipinski definition) is 7. The van der Waals surface area contributed by atoms with Crippen LogP contribution in [0.1, 0.15) is 16.4 Å². The number of amides is 3. The highest BCUT2D eigenvalue weighted by Crippen LogP contribution is 2.54. The average Bonchev–Trinajstić information content (AvgIpc) is 3.41. The van der Waals surface area contributed by atoms with Gasteiger partial charge in [0.2, 0.25) is 17.7 Å². The molecule has 8 nitrogen and oxygen atoms in total. The Morgan fingerprint density at radius 1 is 0.951 bits per heavy atom. The number of benzene rings is 3. The third kappa shape index (κ3) is 4.95. The number of aromatic nitrogens is 1. The first-order chi connectivity index (χ1) is 19.8. The minimum Gasteiger partial charge on any atom is -0.497 e. The first kappa shape index (κ1) is 27.6. The molecule has 1 saturated heterocycles. The predicted octanol–water partition coefficient (Wildman–Crippen LogP) is 5.66. The highest BCUT2D eigenvalue weighted by Gasteiger charge is 2.56. The van der Waals surface area contributed by atoms with E-state index in [2.05, 4.69) is 5.32 Å². The molecule has 4 aromatic rings. The van der Waals surface area contributed by atoms with Crippen molar-refractivity contribution in [1.29, 1.82) is 0 Å². The van der Waals surface area contributed by atoms with Gasteiger partial charge in [0.05, 0.1) is 33.8 Å². The van der Waals surface area contributed by atoms with Gasteiger partial charge in [-0.2, -0.15) is 0 Å². The molecule has 3 atom stereocenters. The van der Waals surface area contributed by atoms with Crippen LogP contribution in [0.15, 0.2) is 82.6 Å². The lowest BCUT2D eigenvalue weighted by molar-refractivity contribution is -0.122. The van der Waals surface area contributed by atoms with E-state index in [9.17, 15) is 19.2 Å². The van der Waals surface area contributed by atoms with E-state index < -0.39 is 23.0 Å². The second-order valence-corrected chi connectivity index (χ2v) is 12.4. The summed E-state index contributed by atoms with van der Waals surface area (Å²) in [6, 6.07) is 20.7. The normalized spacial score (nSPS) is 19.6. The molecule has 3 amide bonds. The molecule has 12 heteroatoms. The monoisotopic (exact) mass is 625 g/mol. The Labute approximate surface area is 252 Å². The quantitative estimate of drug-likeness (QED) is 0.278. The van der Waals surface area contributed by atoms with Crippen LogP contribution in [0, 0.1) is 5.92 Å². The van der Waals surface area contributed by atoms with E-state index in [-0.39, 0.29) is 28.3 Å². The van der Waals surface area contributed by atoms with Crippen molar-refractivity contribution >= 4 is 75.4 Å². The summed E-state index contributed by atoms with van der Waals surface area (Å²) in [5.41, 5.74) is 1.69. The number of anilines is 2. The number of nitrogens with one attached hydrogen (secondary N) is 1. The number of methoxy groups -OCH3 is 1. The number of thioether (sulfide) groups is 1. The summed E-state index contributed by atoms with van der Waals surface area (Å²) < 4.78 is 6.68. The van der Waals surface area contributed by atoms with Crippen molar-refractivity contribution in [3.8, 4) is 5.75 Å². The van der Waals surface area contributed by atoms with Gasteiger partial charge in [0.25, 0.3) is 0 Å². The van der Waals surface area contributed by atoms with Gasteiger partial charge in [-0.1, -0.05) is 76.6 Å². The van der Waals surface area contributed by atoms with Crippen LogP contribution in [-0.4, -0.2) is 34.6 Å². The molecule has 41 heavy (non-hydrogen) atoms. The summed E-state index contributed by atoms with van der Waals surface area (Å²) in [6.07, 6.45) is 0. The number of rotatable bonds is 6. The Bertz CT molecular complexity index is 1740. The summed E-state index contributed by atoms with van der Waals surface area (Å²) in [5.74, 6) is -1.79. The van der Waals surface area contributed by atoms with Crippen LogP contribution in [0.5, 0.6) is 5.75 Å². The Morgan fingerprint density at radius 2 is 1.68 bits per heavy atom. The molecule has 208 valence electrons. The predicted molar refractivity (Wildman–Crippen MR) is 161 cm³/mol. The van der Waals surface area contributed by atoms with Crippen molar-refractivity contribution in [3.05, 3.63) is 103 Å². The number of carbonyl (C=O) groups is 3. The minimum absolute atomic E-state index is 0.283. The lowest BCUT2D eigenvalue weighted by atomic mass is 9.83. The molecular weight excluding hydrogens is 605 g/mol. The number of ether oxygens (including phenoxy) is 1. The van der Waals surface area contributed by atoms with E-state index in [0.717, 1.165) is 28.7 Å². The lowest BCUT2D eigenvalue weighted by Gasteiger charge is -2.30. The SMILES string of the molecule is COc1ccc([C@@H]2c3sc(=O)n(CC(=O)Nc4ccc(Cl)c(Cl)c4)c3S[C@H]3C(=O)N(c4ccccc4)C(=O)[C@@H]23)cc1. The Hall–Kier alpha value is -3.57. The minimum atomic E-state index is -0.777. The van der Waals surface area contributed by atoms with Gasteiger partial charge in [-0.15, -0.1) is 0 Å². The van der Waals surface area contributed by atoms with Crippen LogP contribution in [0.2, 0.25) is 10.0 Å². The maximum absolute atomic E-state index is 13.9. The fraction of sp³-hybridized carbons (Fsp3) is 0.172. The maximum Gasteiger partial charge on any atom is 0.308 e. The lowest BCUT2D eigenvalue weighted by Crippen LogP contribution is -2.33. The molecule has 2 aliphatic heterocycles. The third-order valence-electron chi connectivity index (χ3n) is 7.04. The zero-order valence-corrected chi connectivity index (χ0v) is 24.5. The van der Waals surface area contributed by atoms with Crippen molar-refractivity contribution in [2.75, 3.05) is 17.3 Å². The van der Waals surface area contributed by atoms with Crippen LogP contribution >= 0.6 is 46.3 Å². The maximum atomic E-state index is 13.9. The number of imide groups is 1. The fourth-order valence-corrected chi connectivity index (χ4v) is 8.25. The number of fused-ring (bicyclic) bond motifs is 2. The van der Waals surface area contributed by atoms with Gasteiger partial charge in [0, 0.05) is 16.5 Å². The summed E-state index contributed by atoms with van der Waals surface area (Å²) in [7, 11) is 1.56. The van der Waals surface area contributed by atoms with Crippen LogP contribution in [-0.2, 0) is 20.9 Å². The summed E-state index contributed by atoms with van der Waals surface area (Å²) in [5, 5.41) is 3.10. The van der Waals surface area contributed by atoms with Crippen molar-refractivity contribution in [2.45, 2.75) is 22.7 Å². The molecule has 1 fully saturated rings.